The van der Waals surface area contributed by atoms with Crippen molar-refractivity contribution in [3.63, 3.8) is 0 Å². The Labute approximate surface area is 179 Å². The van der Waals surface area contributed by atoms with E-state index in [2.05, 4.69) is 22.3 Å². The Morgan fingerprint density at radius 2 is 1.77 bits per heavy atom. The molecule has 7 heteroatoms. The van der Waals surface area contributed by atoms with E-state index >= 15 is 0 Å². The zero-order valence-corrected chi connectivity index (χ0v) is 17.4. The SMILES string of the molecule is COCc1nn2c3c(nnc2c1-c1ccc(OC)cc1)C(=O)CC(c1ccccc1)C3. The molecule has 0 amide bonds. The van der Waals surface area contributed by atoms with Crippen molar-refractivity contribution in [2.45, 2.75) is 25.4 Å². The Bertz CT molecular complexity index is 1250. The van der Waals surface area contributed by atoms with E-state index in [1.807, 2.05) is 42.5 Å². The standard InChI is InChI=1S/C24H22N4O3/c1-30-14-19-22(16-8-10-18(31-2)11-9-16)24-26-25-23-20(28(24)27-19)12-17(13-21(23)29)15-6-4-3-5-7-15/h3-11,17H,12-14H2,1-2H3. The number of carbonyl (C=O) groups excluding carboxylic acids is 1. The van der Waals surface area contributed by atoms with E-state index in [9.17, 15) is 4.79 Å². The molecule has 7 nitrogen and oxygen atoms in total. The first-order valence-corrected chi connectivity index (χ1v) is 10.2. The van der Waals surface area contributed by atoms with Crippen LogP contribution in [0.15, 0.2) is 54.6 Å². The van der Waals surface area contributed by atoms with Gasteiger partial charge >= 0.3 is 0 Å². The first-order chi connectivity index (χ1) is 15.2. The minimum Gasteiger partial charge on any atom is -0.497 e. The number of carbonyl (C=O) groups is 1. The van der Waals surface area contributed by atoms with Crippen molar-refractivity contribution in [1.82, 2.24) is 19.8 Å². The highest BCUT2D eigenvalue weighted by Gasteiger charge is 2.31. The molecule has 0 saturated heterocycles. The van der Waals surface area contributed by atoms with Crippen LogP contribution in [0.5, 0.6) is 5.75 Å². The van der Waals surface area contributed by atoms with Gasteiger partial charge in [-0.25, -0.2) is 4.52 Å². The molecule has 0 radical (unpaired) electrons. The molecule has 0 N–H and O–H groups in total. The van der Waals surface area contributed by atoms with Crippen molar-refractivity contribution >= 4 is 11.4 Å². The molecule has 31 heavy (non-hydrogen) atoms. The van der Waals surface area contributed by atoms with Crippen molar-refractivity contribution in [2.75, 3.05) is 14.2 Å². The van der Waals surface area contributed by atoms with Gasteiger partial charge < -0.3 is 9.47 Å². The summed E-state index contributed by atoms with van der Waals surface area (Å²) < 4.78 is 12.5. The molecule has 0 fully saturated rings. The molecule has 2 aromatic carbocycles. The number of ketones is 1. The summed E-state index contributed by atoms with van der Waals surface area (Å²) in [4.78, 5) is 12.9. The van der Waals surface area contributed by atoms with Gasteiger partial charge in [0, 0.05) is 13.5 Å². The monoisotopic (exact) mass is 414 g/mol. The zero-order chi connectivity index (χ0) is 21.4. The van der Waals surface area contributed by atoms with E-state index in [1.54, 1.807) is 18.7 Å². The van der Waals surface area contributed by atoms with Gasteiger partial charge in [-0.1, -0.05) is 42.5 Å². The fraction of sp³-hybridized carbons (Fsp3) is 0.250. The highest BCUT2D eigenvalue weighted by Crippen LogP contribution is 2.35. The van der Waals surface area contributed by atoms with E-state index < -0.39 is 0 Å². The predicted molar refractivity (Wildman–Crippen MR) is 115 cm³/mol. The van der Waals surface area contributed by atoms with Crippen LogP contribution in [0, 0.1) is 0 Å². The summed E-state index contributed by atoms with van der Waals surface area (Å²) in [5.41, 5.74) is 5.53. The van der Waals surface area contributed by atoms with Crippen LogP contribution in [0.1, 0.15) is 39.8 Å². The number of methoxy groups -OCH3 is 2. The molecule has 0 bridgehead atoms. The van der Waals surface area contributed by atoms with E-state index in [0.717, 1.165) is 33.8 Å². The summed E-state index contributed by atoms with van der Waals surface area (Å²) in [7, 11) is 3.27. The van der Waals surface area contributed by atoms with Gasteiger partial charge in [-0.3, -0.25) is 4.79 Å². The fourth-order valence-corrected chi connectivity index (χ4v) is 4.27. The van der Waals surface area contributed by atoms with Crippen LogP contribution in [0.4, 0.5) is 0 Å². The fourth-order valence-electron chi connectivity index (χ4n) is 4.27. The second kappa shape index (κ2) is 7.92. The molecule has 2 aromatic heterocycles. The Morgan fingerprint density at radius 3 is 2.48 bits per heavy atom. The molecule has 5 rings (SSSR count). The quantitative estimate of drug-likeness (QED) is 0.493. The highest BCUT2D eigenvalue weighted by atomic mass is 16.5. The number of hydrogen-bond acceptors (Lipinski definition) is 6. The van der Waals surface area contributed by atoms with Gasteiger partial charge in [-0.05, 0) is 35.6 Å². The molecule has 4 aromatic rings. The predicted octanol–water partition coefficient (Wildman–Crippen LogP) is 3.86. The summed E-state index contributed by atoms with van der Waals surface area (Å²) in [6.45, 7) is 0.329. The first kappa shape index (κ1) is 19.4. The lowest BCUT2D eigenvalue weighted by Crippen LogP contribution is -2.24. The van der Waals surface area contributed by atoms with Crippen molar-refractivity contribution in [1.29, 1.82) is 0 Å². The molecule has 2 heterocycles. The normalized spacial score (nSPS) is 15.8. The second-order valence-corrected chi connectivity index (χ2v) is 7.65. The van der Waals surface area contributed by atoms with Crippen LogP contribution in [0.3, 0.4) is 0 Å². The average Bonchev–Trinajstić information content (AvgIpc) is 3.18. The van der Waals surface area contributed by atoms with Crippen LogP contribution in [-0.4, -0.2) is 39.8 Å². The third-order valence-corrected chi connectivity index (χ3v) is 5.77. The van der Waals surface area contributed by atoms with Crippen LogP contribution in [0.2, 0.25) is 0 Å². The van der Waals surface area contributed by atoms with Crippen molar-refractivity contribution in [3.8, 4) is 16.9 Å². The van der Waals surface area contributed by atoms with Crippen LogP contribution >= 0.6 is 0 Å². The van der Waals surface area contributed by atoms with Crippen LogP contribution in [0.25, 0.3) is 16.8 Å². The maximum absolute atomic E-state index is 12.9. The van der Waals surface area contributed by atoms with Gasteiger partial charge in [0.25, 0.3) is 0 Å². The summed E-state index contributed by atoms with van der Waals surface area (Å²) in [6, 6.07) is 17.9. The average molecular weight is 414 g/mol. The largest absolute Gasteiger partial charge is 0.497 e. The second-order valence-electron chi connectivity index (χ2n) is 7.65. The number of benzene rings is 2. The Kier molecular flexibility index (Phi) is 4.95. The minimum atomic E-state index is -0.000655. The Morgan fingerprint density at radius 1 is 1.00 bits per heavy atom. The third kappa shape index (κ3) is 3.37. The van der Waals surface area contributed by atoms with Gasteiger partial charge in [0.2, 0.25) is 0 Å². The highest BCUT2D eigenvalue weighted by molar-refractivity contribution is 5.97. The van der Waals surface area contributed by atoms with Gasteiger partial charge in [-0.15, -0.1) is 10.2 Å². The van der Waals surface area contributed by atoms with E-state index in [0.29, 0.717) is 30.8 Å². The number of Topliss-reactive ketones (excluding diaryl/α,β-unsaturated/α-hetero) is 1. The van der Waals surface area contributed by atoms with E-state index in [4.69, 9.17) is 14.6 Å². The number of ether oxygens (including phenoxy) is 2. The molecule has 0 saturated carbocycles. The lowest BCUT2D eigenvalue weighted by Gasteiger charge is -2.23. The summed E-state index contributed by atoms with van der Waals surface area (Å²) in [5.74, 6) is 0.862. The molecule has 1 unspecified atom stereocenters. The van der Waals surface area contributed by atoms with Crippen LogP contribution in [-0.2, 0) is 17.8 Å². The maximum Gasteiger partial charge on any atom is 0.185 e. The van der Waals surface area contributed by atoms with Crippen LogP contribution < -0.4 is 4.74 Å². The first-order valence-electron chi connectivity index (χ1n) is 10.2. The lowest BCUT2D eigenvalue weighted by molar-refractivity contribution is 0.0955. The molecule has 1 aliphatic carbocycles. The Balaban J connectivity index is 1.67. The lowest BCUT2D eigenvalue weighted by atomic mass is 9.83. The number of aromatic nitrogens is 4. The molecular formula is C24H22N4O3. The summed E-state index contributed by atoms with van der Waals surface area (Å²) in [5, 5.41) is 13.5. The van der Waals surface area contributed by atoms with Crippen molar-refractivity contribution < 1.29 is 14.3 Å². The Hall–Kier alpha value is -3.58. The number of rotatable bonds is 5. The molecule has 1 aliphatic rings. The molecule has 0 aliphatic heterocycles. The third-order valence-electron chi connectivity index (χ3n) is 5.77. The number of nitrogens with zero attached hydrogens (tertiary/aromatic N) is 4. The van der Waals surface area contributed by atoms with Gasteiger partial charge in [-0.2, -0.15) is 5.10 Å². The molecule has 1 atom stereocenters. The maximum atomic E-state index is 12.9. The molecular weight excluding hydrogens is 392 g/mol. The van der Waals surface area contributed by atoms with E-state index in [-0.39, 0.29) is 11.7 Å². The topological polar surface area (TPSA) is 78.6 Å². The number of fused-ring (bicyclic) bond motifs is 3. The van der Waals surface area contributed by atoms with Gasteiger partial charge in [0.1, 0.15) is 5.75 Å². The zero-order valence-electron chi connectivity index (χ0n) is 17.4. The number of hydrogen-bond donors (Lipinski definition) is 0. The smallest absolute Gasteiger partial charge is 0.185 e. The summed E-state index contributed by atoms with van der Waals surface area (Å²) >= 11 is 0. The van der Waals surface area contributed by atoms with Gasteiger partial charge in [0.05, 0.1) is 30.7 Å². The van der Waals surface area contributed by atoms with Crippen molar-refractivity contribution in [3.05, 3.63) is 77.2 Å². The minimum absolute atomic E-state index is 0.000655. The van der Waals surface area contributed by atoms with Crippen molar-refractivity contribution in [2.24, 2.45) is 0 Å². The molecule has 156 valence electrons. The summed E-state index contributed by atoms with van der Waals surface area (Å²) in [6.07, 6.45) is 1.10. The molecule has 0 spiro atoms. The van der Waals surface area contributed by atoms with E-state index in [1.165, 1.54) is 0 Å². The van der Waals surface area contributed by atoms with Gasteiger partial charge in [0.15, 0.2) is 17.1 Å².